The van der Waals surface area contributed by atoms with Gasteiger partial charge in [0.1, 0.15) is 5.75 Å². The van der Waals surface area contributed by atoms with Gasteiger partial charge in [0.2, 0.25) is 0 Å². The SMILES string of the molecule is COc1ccc(/C=C/c2ccc(-c3c4ccccc4c(N(c4ccc(C5CCCCC5)cc4)c4ccc(C5CCCCC5)cc4)c4ccccc34)s2)c(C)c1. The standard InChI is InChI=1S/C52H51NOS/c1-36-35-44(54-2)31-25-37(36)26-32-45-33-34-50(55-45)51-46-17-9-11-19-48(46)52(49-20-12-10-18-47(49)51)53(42-27-21-40(22-28-42)38-13-5-3-6-14-38)43-29-23-41(24-30-43)39-15-7-4-8-16-39/h9-12,17-35,38-39H,3-8,13-16H2,1-2H3/b32-26+. The minimum Gasteiger partial charge on any atom is -0.497 e. The average molecular weight is 738 g/mol. The van der Waals surface area contributed by atoms with Crippen LogP contribution in [0.3, 0.4) is 0 Å². The second kappa shape index (κ2) is 15.9. The molecule has 2 nitrogen and oxygen atoms in total. The zero-order chi connectivity index (χ0) is 37.1. The number of thiophene rings is 1. The summed E-state index contributed by atoms with van der Waals surface area (Å²) in [6.45, 7) is 2.14. The summed E-state index contributed by atoms with van der Waals surface area (Å²) < 4.78 is 5.44. The van der Waals surface area contributed by atoms with Crippen LogP contribution in [-0.4, -0.2) is 7.11 Å². The van der Waals surface area contributed by atoms with Gasteiger partial charge < -0.3 is 9.64 Å². The highest BCUT2D eigenvalue weighted by molar-refractivity contribution is 7.16. The Morgan fingerprint density at radius 3 is 1.60 bits per heavy atom. The first-order valence-electron chi connectivity index (χ1n) is 20.5. The Morgan fingerprint density at radius 1 is 0.564 bits per heavy atom. The molecule has 2 aliphatic rings. The maximum absolute atomic E-state index is 5.44. The number of rotatable bonds is 9. The Kier molecular flexibility index (Phi) is 10.3. The second-order valence-electron chi connectivity index (χ2n) is 15.8. The summed E-state index contributed by atoms with van der Waals surface area (Å²) in [6, 6.07) is 48.2. The molecule has 7 aromatic rings. The molecule has 6 aromatic carbocycles. The molecule has 0 N–H and O–H groups in total. The lowest BCUT2D eigenvalue weighted by atomic mass is 9.84. The van der Waals surface area contributed by atoms with Gasteiger partial charge in [-0.25, -0.2) is 0 Å². The smallest absolute Gasteiger partial charge is 0.119 e. The van der Waals surface area contributed by atoms with Crippen LogP contribution >= 0.6 is 11.3 Å². The molecular formula is C52H51NOS. The van der Waals surface area contributed by atoms with Crippen LogP contribution in [0.15, 0.2) is 127 Å². The molecule has 1 aromatic heterocycles. The molecule has 1 heterocycles. The second-order valence-corrected chi connectivity index (χ2v) is 16.9. The highest BCUT2D eigenvalue weighted by Gasteiger charge is 2.24. The largest absolute Gasteiger partial charge is 0.497 e. The zero-order valence-electron chi connectivity index (χ0n) is 32.3. The van der Waals surface area contributed by atoms with E-state index in [1.165, 1.54) is 140 Å². The van der Waals surface area contributed by atoms with Gasteiger partial charge in [-0.05, 0) is 132 Å². The lowest BCUT2D eigenvalue weighted by Crippen LogP contribution is -2.12. The highest BCUT2D eigenvalue weighted by atomic mass is 32.1. The van der Waals surface area contributed by atoms with Gasteiger partial charge in [-0.15, -0.1) is 11.3 Å². The maximum Gasteiger partial charge on any atom is 0.119 e. The summed E-state index contributed by atoms with van der Waals surface area (Å²) in [5, 5.41) is 5.09. The molecule has 0 saturated heterocycles. The Labute approximate surface area is 331 Å². The van der Waals surface area contributed by atoms with Crippen molar-refractivity contribution in [2.75, 3.05) is 12.0 Å². The molecule has 2 saturated carbocycles. The maximum atomic E-state index is 5.44. The number of anilines is 3. The minimum absolute atomic E-state index is 0.678. The molecule has 2 aliphatic carbocycles. The Bertz CT molecular complexity index is 2320. The van der Waals surface area contributed by atoms with Crippen LogP contribution in [0.2, 0.25) is 0 Å². The number of aryl methyl sites for hydroxylation is 1. The van der Waals surface area contributed by atoms with Gasteiger partial charge >= 0.3 is 0 Å². The van der Waals surface area contributed by atoms with E-state index in [2.05, 4.69) is 145 Å². The molecule has 0 atom stereocenters. The van der Waals surface area contributed by atoms with Crippen LogP contribution in [0.1, 0.15) is 103 Å². The van der Waals surface area contributed by atoms with Crippen LogP contribution in [-0.2, 0) is 0 Å². The summed E-state index contributed by atoms with van der Waals surface area (Å²) >= 11 is 1.86. The highest BCUT2D eigenvalue weighted by Crippen LogP contribution is 2.49. The lowest BCUT2D eigenvalue weighted by Gasteiger charge is -2.30. The van der Waals surface area contributed by atoms with E-state index in [4.69, 9.17) is 4.74 Å². The molecule has 9 rings (SSSR count). The fourth-order valence-electron chi connectivity index (χ4n) is 9.39. The van der Waals surface area contributed by atoms with Gasteiger partial charge in [0.15, 0.2) is 0 Å². The number of fused-ring (bicyclic) bond motifs is 2. The molecule has 0 aliphatic heterocycles. The molecule has 0 bridgehead atoms. The fourth-order valence-corrected chi connectivity index (χ4v) is 10.4. The third kappa shape index (κ3) is 7.23. The average Bonchev–Trinajstić information content (AvgIpc) is 3.72. The van der Waals surface area contributed by atoms with E-state index in [1.54, 1.807) is 7.11 Å². The van der Waals surface area contributed by atoms with Crippen LogP contribution in [0.5, 0.6) is 5.75 Å². The van der Waals surface area contributed by atoms with E-state index in [-0.39, 0.29) is 0 Å². The number of ether oxygens (including phenoxy) is 1. The summed E-state index contributed by atoms with van der Waals surface area (Å²) in [7, 11) is 1.72. The molecule has 0 unspecified atom stereocenters. The van der Waals surface area contributed by atoms with Gasteiger partial charge in [0.25, 0.3) is 0 Å². The first kappa shape index (κ1) is 35.6. The summed E-state index contributed by atoms with van der Waals surface area (Å²) in [5.41, 5.74) is 10.4. The van der Waals surface area contributed by atoms with Gasteiger partial charge in [0, 0.05) is 37.5 Å². The van der Waals surface area contributed by atoms with Crippen molar-refractivity contribution >= 4 is 62.1 Å². The third-order valence-electron chi connectivity index (χ3n) is 12.4. The van der Waals surface area contributed by atoms with Crippen molar-refractivity contribution in [1.82, 2.24) is 0 Å². The van der Waals surface area contributed by atoms with Crippen molar-refractivity contribution in [2.45, 2.75) is 83.0 Å². The van der Waals surface area contributed by atoms with Gasteiger partial charge in [0.05, 0.1) is 12.8 Å². The van der Waals surface area contributed by atoms with E-state index in [9.17, 15) is 0 Å². The van der Waals surface area contributed by atoms with Crippen LogP contribution in [0.4, 0.5) is 17.1 Å². The first-order valence-corrected chi connectivity index (χ1v) is 21.3. The quantitative estimate of drug-likeness (QED) is 0.137. The predicted octanol–water partition coefficient (Wildman–Crippen LogP) is 15.8. The Morgan fingerprint density at radius 2 is 1.09 bits per heavy atom. The minimum atomic E-state index is 0.678. The number of methoxy groups -OCH3 is 1. The predicted molar refractivity (Wildman–Crippen MR) is 238 cm³/mol. The van der Waals surface area contributed by atoms with Crippen molar-refractivity contribution in [3.8, 4) is 16.2 Å². The Hall–Kier alpha value is -5.12. The first-order chi connectivity index (χ1) is 27.1. The molecule has 0 spiro atoms. The third-order valence-corrected chi connectivity index (χ3v) is 13.4. The van der Waals surface area contributed by atoms with Crippen LogP contribution in [0.25, 0.3) is 44.1 Å². The van der Waals surface area contributed by atoms with E-state index in [0.717, 1.165) is 5.75 Å². The number of hydrogen-bond acceptors (Lipinski definition) is 3. The molecule has 0 radical (unpaired) electrons. The number of hydrogen-bond donors (Lipinski definition) is 0. The summed E-state index contributed by atoms with van der Waals surface area (Å²) in [5.74, 6) is 2.25. The molecule has 0 amide bonds. The monoisotopic (exact) mass is 737 g/mol. The fraction of sp³-hybridized carbons (Fsp3) is 0.269. The van der Waals surface area contributed by atoms with E-state index in [1.807, 2.05) is 17.4 Å². The van der Waals surface area contributed by atoms with Gasteiger partial charge in [-0.2, -0.15) is 0 Å². The normalized spacial score (nSPS) is 15.6. The van der Waals surface area contributed by atoms with Gasteiger partial charge in [-0.3, -0.25) is 0 Å². The van der Waals surface area contributed by atoms with Crippen molar-refractivity contribution in [1.29, 1.82) is 0 Å². The molecular weight excluding hydrogens is 687 g/mol. The van der Waals surface area contributed by atoms with E-state index in [0.29, 0.717) is 11.8 Å². The van der Waals surface area contributed by atoms with Crippen molar-refractivity contribution in [2.24, 2.45) is 0 Å². The van der Waals surface area contributed by atoms with Crippen molar-refractivity contribution in [3.05, 3.63) is 155 Å². The Balaban J connectivity index is 1.17. The number of nitrogens with zero attached hydrogens (tertiary/aromatic N) is 1. The van der Waals surface area contributed by atoms with Gasteiger partial charge in [-0.1, -0.05) is 123 Å². The molecule has 3 heteroatoms. The molecule has 276 valence electrons. The molecule has 2 fully saturated rings. The van der Waals surface area contributed by atoms with Crippen molar-refractivity contribution in [3.63, 3.8) is 0 Å². The van der Waals surface area contributed by atoms with Crippen molar-refractivity contribution < 1.29 is 4.74 Å². The summed E-state index contributed by atoms with van der Waals surface area (Å²) in [4.78, 5) is 5.06. The number of benzene rings is 6. The summed E-state index contributed by atoms with van der Waals surface area (Å²) in [6.07, 6.45) is 17.9. The zero-order valence-corrected chi connectivity index (χ0v) is 33.1. The van der Waals surface area contributed by atoms with Crippen LogP contribution in [0, 0.1) is 6.92 Å². The van der Waals surface area contributed by atoms with Crippen LogP contribution < -0.4 is 9.64 Å². The van der Waals surface area contributed by atoms with E-state index < -0.39 is 0 Å². The topological polar surface area (TPSA) is 12.5 Å². The molecule has 55 heavy (non-hydrogen) atoms. The lowest BCUT2D eigenvalue weighted by molar-refractivity contribution is 0.414. The van der Waals surface area contributed by atoms with E-state index >= 15 is 0 Å².